The molecule has 1 saturated carbocycles. The highest BCUT2D eigenvalue weighted by atomic mass is 16.4. The molecule has 1 amide bonds. The lowest BCUT2D eigenvalue weighted by atomic mass is 10.1. The minimum atomic E-state index is -1.03. The molecule has 3 rings (SSSR count). The van der Waals surface area contributed by atoms with Crippen LogP contribution >= 0.6 is 0 Å². The molecule has 0 bridgehead atoms. The lowest BCUT2D eigenvalue weighted by Crippen LogP contribution is -2.43. The van der Waals surface area contributed by atoms with Gasteiger partial charge in [-0.15, -0.1) is 0 Å². The van der Waals surface area contributed by atoms with Crippen LogP contribution in [0.25, 0.3) is 0 Å². The second-order valence-corrected chi connectivity index (χ2v) is 6.29. The van der Waals surface area contributed by atoms with Crippen LogP contribution in [0.5, 0.6) is 0 Å². The number of amides is 1. The van der Waals surface area contributed by atoms with E-state index in [-0.39, 0.29) is 12.5 Å². The molecule has 126 valence electrons. The Morgan fingerprint density at radius 2 is 2.00 bits per heavy atom. The van der Waals surface area contributed by atoms with Crippen LogP contribution < -0.4 is 0 Å². The highest BCUT2D eigenvalue weighted by Gasteiger charge is 2.32. The van der Waals surface area contributed by atoms with Gasteiger partial charge in [0.05, 0.1) is 0 Å². The maximum atomic E-state index is 12.9. The Hall–Kier alpha value is -2.63. The van der Waals surface area contributed by atoms with Crippen LogP contribution in [0.3, 0.4) is 0 Å². The molecular formula is C18H21N3O3. The quantitative estimate of drug-likeness (QED) is 0.884. The van der Waals surface area contributed by atoms with Gasteiger partial charge in [-0.2, -0.15) is 5.10 Å². The number of carbonyl (C=O) groups excluding carboxylic acids is 1. The Balaban J connectivity index is 1.87. The Labute approximate surface area is 140 Å². The zero-order chi connectivity index (χ0) is 17.3. The molecule has 0 aliphatic heterocycles. The smallest absolute Gasteiger partial charge is 0.326 e. The first-order chi connectivity index (χ1) is 11.5. The molecule has 1 heterocycles. The fourth-order valence-electron chi connectivity index (χ4n) is 2.79. The van der Waals surface area contributed by atoms with Crippen molar-refractivity contribution in [1.29, 1.82) is 0 Å². The lowest BCUT2D eigenvalue weighted by molar-refractivity contribution is -0.141. The Kier molecular flexibility index (Phi) is 4.38. The molecular weight excluding hydrogens is 306 g/mol. The Bertz CT molecular complexity index is 750. The zero-order valence-corrected chi connectivity index (χ0v) is 13.8. The summed E-state index contributed by atoms with van der Waals surface area (Å²) in [4.78, 5) is 25.7. The molecule has 1 fully saturated rings. The molecule has 6 nitrogen and oxygen atoms in total. The molecule has 0 unspecified atom stereocenters. The molecule has 0 saturated heterocycles. The highest BCUT2D eigenvalue weighted by molar-refractivity contribution is 5.95. The first-order valence-electron chi connectivity index (χ1n) is 8.09. The van der Waals surface area contributed by atoms with Crippen molar-refractivity contribution < 1.29 is 14.7 Å². The van der Waals surface area contributed by atoms with E-state index in [1.54, 1.807) is 10.7 Å². The summed E-state index contributed by atoms with van der Waals surface area (Å²) in [6.07, 6.45) is 2.23. The molecule has 2 aromatic rings. The maximum absolute atomic E-state index is 12.9. The van der Waals surface area contributed by atoms with Gasteiger partial charge in [-0.1, -0.05) is 30.3 Å². The van der Waals surface area contributed by atoms with Gasteiger partial charge >= 0.3 is 5.97 Å². The van der Waals surface area contributed by atoms with Gasteiger partial charge in [-0.05, 0) is 31.4 Å². The number of benzene rings is 1. The number of carboxylic acids is 1. The minimum absolute atomic E-state index is 0.239. The maximum Gasteiger partial charge on any atom is 0.326 e. The topological polar surface area (TPSA) is 75.4 Å². The van der Waals surface area contributed by atoms with Gasteiger partial charge in [0, 0.05) is 25.2 Å². The van der Waals surface area contributed by atoms with E-state index >= 15 is 0 Å². The van der Waals surface area contributed by atoms with E-state index in [0.29, 0.717) is 11.6 Å². The minimum Gasteiger partial charge on any atom is -0.480 e. The van der Waals surface area contributed by atoms with E-state index in [0.717, 1.165) is 24.1 Å². The number of aliphatic carboxylic acids is 1. The van der Waals surface area contributed by atoms with Gasteiger partial charge in [-0.25, -0.2) is 4.79 Å². The van der Waals surface area contributed by atoms with Crippen molar-refractivity contribution in [3.63, 3.8) is 0 Å². The third-order valence-electron chi connectivity index (χ3n) is 4.41. The van der Waals surface area contributed by atoms with Crippen molar-refractivity contribution in [2.24, 2.45) is 7.05 Å². The molecule has 1 N–H and O–H groups in total. The fourth-order valence-corrected chi connectivity index (χ4v) is 2.79. The van der Waals surface area contributed by atoms with Crippen molar-refractivity contribution in [1.82, 2.24) is 14.7 Å². The average molecular weight is 327 g/mol. The van der Waals surface area contributed by atoms with Gasteiger partial charge in [0.1, 0.15) is 6.04 Å². The largest absolute Gasteiger partial charge is 0.480 e. The van der Waals surface area contributed by atoms with Crippen LogP contribution in [0.15, 0.2) is 36.4 Å². The summed E-state index contributed by atoms with van der Waals surface area (Å²) in [6, 6.07) is 10.3. The predicted molar refractivity (Wildman–Crippen MR) is 88.6 cm³/mol. The molecule has 24 heavy (non-hydrogen) atoms. The SMILES string of the molecule is C[C@@H](C(=O)O)N(Cc1ccccc1)C(=O)c1cc(C2CC2)n(C)n1. The number of hydrogen-bond acceptors (Lipinski definition) is 3. The third kappa shape index (κ3) is 3.32. The number of hydrogen-bond donors (Lipinski definition) is 1. The Morgan fingerprint density at radius 3 is 2.58 bits per heavy atom. The molecule has 6 heteroatoms. The van der Waals surface area contributed by atoms with E-state index in [4.69, 9.17) is 0 Å². The van der Waals surface area contributed by atoms with E-state index in [2.05, 4.69) is 5.10 Å². The standard InChI is InChI=1S/C18H21N3O3/c1-12(18(23)24)21(11-13-6-4-3-5-7-13)17(22)15-10-16(14-8-9-14)20(2)19-15/h3-7,10,12,14H,8-9,11H2,1-2H3,(H,23,24)/t12-/m0/s1. The van der Waals surface area contributed by atoms with E-state index < -0.39 is 12.0 Å². The van der Waals surface area contributed by atoms with Gasteiger partial charge in [-0.3, -0.25) is 9.48 Å². The van der Waals surface area contributed by atoms with Gasteiger partial charge < -0.3 is 10.0 Å². The van der Waals surface area contributed by atoms with Crippen LogP contribution in [0.4, 0.5) is 0 Å². The van der Waals surface area contributed by atoms with Gasteiger partial charge in [0.15, 0.2) is 5.69 Å². The summed E-state index contributed by atoms with van der Waals surface area (Å²) < 4.78 is 1.73. The van der Waals surface area contributed by atoms with Gasteiger partial charge in [0.25, 0.3) is 5.91 Å². The summed E-state index contributed by atoms with van der Waals surface area (Å²) in [5.74, 6) is -0.905. The van der Waals surface area contributed by atoms with Crippen LogP contribution in [0.2, 0.25) is 0 Å². The third-order valence-corrected chi connectivity index (χ3v) is 4.41. The second-order valence-electron chi connectivity index (χ2n) is 6.29. The number of nitrogens with zero attached hydrogens (tertiary/aromatic N) is 3. The number of carbonyl (C=O) groups is 2. The summed E-state index contributed by atoms with van der Waals surface area (Å²) in [6.45, 7) is 1.76. The molecule has 1 aromatic heterocycles. The lowest BCUT2D eigenvalue weighted by Gasteiger charge is -2.25. The summed E-state index contributed by atoms with van der Waals surface area (Å²) in [5, 5.41) is 13.7. The number of aromatic nitrogens is 2. The fraction of sp³-hybridized carbons (Fsp3) is 0.389. The molecule has 1 aliphatic rings. The second kappa shape index (κ2) is 6.47. The zero-order valence-electron chi connectivity index (χ0n) is 13.8. The van der Waals surface area contributed by atoms with Crippen LogP contribution in [0.1, 0.15) is 47.4 Å². The van der Waals surface area contributed by atoms with E-state index in [1.807, 2.05) is 37.4 Å². The molecule has 1 aliphatic carbocycles. The van der Waals surface area contributed by atoms with Crippen molar-refractivity contribution in [3.8, 4) is 0 Å². The monoisotopic (exact) mass is 327 g/mol. The number of carboxylic acid groups (broad SMARTS) is 1. The van der Waals surface area contributed by atoms with E-state index in [1.165, 1.54) is 11.8 Å². The predicted octanol–water partition coefficient (Wildman–Crippen LogP) is 2.41. The first-order valence-corrected chi connectivity index (χ1v) is 8.09. The Morgan fingerprint density at radius 1 is 1.33 bits per heavy atom. The van der Waals surface area contributed by atoms with Crippen molar-refractivity contribution in [2.45, 2.75) is 38.3 Å². The molecule has 1 atom stereocenters. The molecule has 0 radical (unpaired) electrons. The van der Waals surface area contributed by atoms with Crippen LogP contribution in [-0.2, 0) is 18.4 Å². The van der Waals surface area contributed by atoms with Crippen molar-refractivity contribution in [3.05, 3.63) is 53.3 Å². The number of aryl methyl sites for hydroxylation is 1. The van der Waals surface area contributed by atoms with Crippen LogP contribution in [-0.4, -0.2) is 37.7 Å². The first kappa shape index (κ1) is 16.2. The molecule has 0 spiro atoms. The van der Waals surface area contributed by atoms with Crippen LogP contribution in [0, 0.1) is 0 Å². The van der Waals surface area contributed by atoms with E-state index in [9.17, 15) is 14.7 Å². The summed E-state index contributed by atoms with van der Waals surface area (Å²) in [7, 11) is 1.83. The summed E-state index contributed by atoms with van der Waals surface area (Å²) in [5.41, 5.74) is 2.24. The average Bonchev–Trinajstić information content (AvgIpc) is 3.34. The molecule has 1 aromatic carbocycles. The normalized spacial score (nSPS) is 15.1. The van der Waals surface area contributed by atoms with Crippen molar-refractivity contribution >= 4 is 11.9 Å². The number of rotatable bonds is 6. The highest BCUT2D eigenvalue weighted by Crippen LogP contribution is 2.40. The van der Waals surface area contributed by atoms with Crippen molar-refractivity contribution in [2.75, 3.05) is 0 Å². The summed E-state index contributed by atoms with van der Waals surface area (Å²) >= 11 is 0. The van der Waals surface area contributed by atoms with Gasteiger partial charge in [0.2, 0.25) is 0 Å².